The molecule has 1 spiro atoms. The molecule has 152 valence electrons. The van der Waals surface area contributed by atoms with Gasteiger partial charge in [0, 0.05) is 48.1 Å². The predicted octanol–water partition coefficient (Wildman–Crippen LogP) is 0.955. The van der Waals surface area contributed by atoms with E-state index < -0.39 is 21.8 Å². The Labute approximate surface area is 168 Å². The molecule has 3 heterocycles. The molecule has 1 unspecified atom stereocenters. The summed E-state index contributed by atoms with van der Waals surface area (Å²) in [6.45, 7) is 0. The SMILES string of the molecule is CN1C(=O)C2(C3=C(CCCC3=O)Nc3nc(N)[nH]c(=O)c32)c2cc([N+](=O)[O-])ccc21. The van der Waals surface area contributed by atoms with E-state index in [0.717, 1.165) is 0 Å². The monoisotopic (exact) mass is 408 g/mol. The highest BCUT2D eigenvalue weighted by molar-refractivity contribution is 6.20. The minimum atomic E-state index is -1.82. The molecule has 0 saturated heterocycles. The van der Waals surface area contributed by atoms with E-state index in [1.54, 1.807) is 0 Å². The molecule has 0 radical (unpaired) electrons. The number of allylic oxidation sites excluding steroid dienone is 1. The largest absolute Gasteiger partial charge is 0.369 e. The summed E-state index contributed by atoms with van der Waals surface area (Å²) in [5, 5.41) is 14.5. The second kappa shape index (κ2) is 5.75. The highest BCUT2D eigenvalue weighted by Crippen LogP contribution is 2.55. The van der Waals surface area contributed by atoms with Crippen molar-refractivity contribution in [2.24, 2.45) is 0 Å². The number of carbonyl (C=O) groups excluding carboxylic acids is 2. The summed E-state index contributed by atoms with van der Waals surface area (Å²) in [5.41, 5.74) is 4.11. The number of carbonyl (C=O) groups is 2. The maximum Gasteiger partial charge on any atom is 0.269 e. The summed E-state index contributed by atoms with van der Waals surface area (Å²) in [7, 11) is 1.51. The number of nitrogen functional groups attached to an aromatic ring is 1. The Morgan fingerprint density at radius 2 is 2.03 bits per heavy atom. The molecule has 2 aromatic rings. The van der Waals surface area contributed by atoms with Crippen LogP contribution in [0.25, 0.3) is 0 Å². The number of nitrogens with zero attached hydrogens (tertiary/aromatic N) is 3. The quantitative estimate of drug-likeness (QED) is 0.464. The van der Waals surface area contributed by atoms with Gasteiger partial charge >= 0.3 is 0 Å². The highest BCUT2D eigenvalue weighted by atomic mass is 16.6. The third kappa shape index (κ3) is 2.03. The molecule has 1 atom stereocenters. The first-order valence-electron chi connectivity index (χ1n) is 9.28. The van der Waals surface area contributed by atoms with Crippen LogP contribution in [-0.2, 0) is 15.0 Å². The zero-order chi connectivity index (χ0) is 21.4. The van der Waals surface area contributed by atoms with Gasteiger partial charge in [-0.1, -0.05) is 0 Å². The summed E-state index contributed by atoms with van der Waals surface area (Å²) in [6.07, 6.45) is 1.25. The number of anilines is 3. The van der Waals surface area contributed by atoms with Crippen molar-refractivity contribution in [2.45, 2.75) is 24.7 Å². The van der Waals surface area contributed by atoms with Crippen LogP contribution in [0.5, 0.6) is 0 Å². The van der Waals surface area contributed by atoms with Crippen molar-refractivity contribution in [2.75, 3.05) is 23.0 Å². The average Bonchev–Trinajstić information content (AvgIpc) is 2.90. The number of hydrogen-bond donors (Lipinski definition) is 3. The summed E-state index contributed by atoms with van der Waals surface area (Å²) in [4.78, 5) is 58.7. The number of benzene rings is 1. The van der Waals surface area contributed by atoms with Crippen LogP contribution in [0.3, 0.4) is 0 Å². The zero-order valence-corrected chi connectivity index (χ0v) is 15.8. The van der Waals surface area contributed by atoms with Crippen LogP contribution >= 0.6 is 0 Å². The first kappa shape index (κ1) is 18.0. The van der Waals surface area contributed by atoms with Gasteiger partial charge in [-0.25, -0.2) is 0 Å². The van der Waals surface area contributed by atoms with Gasteiger partial charge in [-0.15, -0.1) is 0 Å². The number of aromatic nitrogens is 2. The van der Waals surface area contributed by atoms with Gasteiger partial charge in [0.1, 0.15) is 11.2 Å². The second-order valence-electron chi connectivity index (χ2n) is 7.50. The number of nitro benzene ring substituents is 1. The van der Waals surface area contributed by atoms with Crippen molar-refractivity contribution in [3.8, 4) is 0 Å². The number of Topliss-reactive ketones (excluding diaryl/α,β-unsaturated/α-hetero) is 1. The summed E-state index contributed by atoms with van der Waals surface area (Å²) in [6, 6.07) is 4.00. The Bertz CT molecular complexity index is 1280. The summed E-state index contributed by atoms with van der Waals surface area (Å²) >= 11 is 0. The molecule has 30 heavy (non-hydrogen) atoms. The van der Waals surface area contributed by atoms with E-state index in [4.69, 9.17) is 5.73 Å². The first-order valence-corrected chi connectivity index (χ1v) is 9.28. The van der Waals surface area contributed by atoms with Crippen LogP contribution in [0.4, 0.5) is 23.1 Å². The standard InChI is InChI=1S/C19H16N6O5/c1-24-11-6-5-8(25(29)30)7-9(11)19(17(24)28)13-10(3-2-4-12(13)26)21-15-14(19)16(27)23-18(20)22-15/h5-7H,2-4H2,1H3,(H4,20,21,22,23,27). The van der Waals surface area contributed by atoms with Crippen LogP contribution in [0.2, 0.25) is 0 Å². The fourth-order valence-electron chi connectivity index (χ4n) is 4.79. The Kier molecular flexibility index (Phi) is 3.46. The number of aromatic amines is 1. The number of H-pyrrole nitrogens is 1. The molecular weight excluding hydrogens is 392 g/mol. The Morgan fingerprint density at radius 3 is 2.77 bits per heavy atom. The Hall–Kier alpha value is -4.02. The number of ketones is 1. The minimum absolute atomic E-state index is 0.0748. The second-order valence-corrected chi connectivity index (χ2v) is 7.50. The van der Waals surface area contributed by atoms with Crippen molar-refractivity contribution < 1.29 is 14.5 Å². The fraction of sp³-hybridized carbons (Fsp3) is 0.263. The summed E-state index contributed by atoms with van der Waals surface area (Å²) in [5.74, 6) is -0.899. The number of non-ortho nitro benzene ring substituents is 1. The lowest BCUT2D eigenvalue weighted by atomic mass is 9.64. The van der Waals surface area contributed by atoms with Crippen LogP contribution in [0, 0.1) is 10.1 Å². The number of nitrogens with one attached hydrogen (secondary N) is 2. The van der Waals surface area contributed by atoms with Gasteiger partial charge in [0.2, 0.25) is 11.9 Å². The Morgan fingerprint density at radius 1 is 1.27 bits per heavy atom. The predicted molar refractivity (Wildman–Crippen MR) is 106 cm³/mol. The molecule has 1 aliphatic carbocycles. The summed E-state index contributed by atoms with van der Waals surface area (Å²) < 4.78 is 0. The van der Waals surface area contributed by atoms with Gasteiger partial charge in [0.15, 0.2) is 5.78 Å². The van der Waals surface area contributed by atoms with E-state index in [2.05, 4.69) is 15.3 Å². The van der Waals surface area contributed by atoms with E-state index in [-0.39, 0.29) is 46.4 Å². The number of rotatable bonds is 1. The minimum Gasteiger partial charge on any atom is -0.369 e. The molecule has 2 aliphatic heterocycles. The van der Waals surface area contributed by atoms with Crippen LogP contribution < -0.4 is 21.5 Å². The van der Waals surface area contributed by atoms with Crippen LogP contribution in [-0.4, -0.2) is 33.6 Å². The number of nitro groups is 1. The number of amides is 1. The zero-order valence-electron chi connectivity index (χ0n) is 15.8. The maximum absolute atomic E-state index is 13.8. The van der Waals surface area contributed by atoms with Gasteiger partial charge in [-0.05, 0) is 18.9 Å². The molecule has 4 N–H and O–H groups in total. The van der Waals surface area contributed by atoms with Crippen molar-refractivity contribution in [3.63, 3.8) is 0 Å². The molecule has 1 amide bonds. The number of hydrogen-bond acceptors (Lipinski definition) is 8. The van der Waals surface area contributed by atoms with E-state index in [1.807, 2.05) is 0 Å². The Balaban J connectivity index is 1.98. The van der Waals surface area contributed by atoms with E-state index in [9.17, 15) is 24.5 Å². The molecule has 0 fully saturated rings. The maximum atomic E-state index is 13.8. The van der Waals surface area contributed by atoms with Crippen molar-refractivity contribution in [1.82, 2.24) is 9.97 Å². The van der Waals surface area contributed by atoms with Gasteiger partial charge in [0.25, 0.3) is 11.2 Å². The molecule has 0 saturated carbocycles. The van der Waals surface area contributed by atoms with E-state index in [0.29, 0.717) is 24.2 Å². The van der Waals surface area contributed by atoms with Crippen molar-refractivity contribution in [3.05, 3.63) is 61.1 Å². The number of likely N-dealkylation sites (N-methyl/N-ethyl adjacent to an activating group) is 1. The fourth-order valence-corrected chi connectivity index (χ4v) is 4.79. The lowest BCUT2D eigenvalue weighted by Gasteiger charge is -2.38. The number of nitrogens with two attached hydrogens (primary N) is 1. The lowest BCUT2D eigenvalue weighted by molar-refractivity contribution is -0.384. The molecule has 1 aromatic heterocycles. The normalized spacial score (nSPS) is 22.0. The van der Waals surface area contributed by atoms with E-state index in [1.165, 1.54) is 30.1 Å². The molecule has 0 bridgehead atoms. The van der Waals surface area contributed by atoms with Gasteiger partial charge < -0.3 is 16.0 Å². The number of fused-ring (bicyclic) bond motifs is 5. The third-order valence-corrected chi connectivity index (χ3v) is 5.95. The average molecular weight is 408 g/mol. The molecule has 1 aromatic carbocycles. The van der Waals surface area contributed by atoms with Crippen molar-refractivity contribution in [1.29, 1.82) is 0 Å². The van der Waals surface area contributed by atoms with Crippen LogP contribution in [0.1, 0.15) is 30.4 Å². The smallest absolute Gasteiger partial charge is 0.269 e. The first-order chi connectivity index (χ1) is 14.3. The highest BCUT2D eigenvalue weighted by Gasteiger charge is 2.61. The van der Waals surface area contributed by atoms with Crippen LogP contribution in [0.15, 0.2) is 34.3 Å². The third-order valence-electron chi connectivity index (χ3n) is 5.95. The topological polar surface area (TPSA) is 164 Å². The molecule has 3 aliphatic rings. The van der Waals surface area contributed by atoms with Gasteiger partial charge in [-0.3, -0.25) is 29.5 Å². The lowest BCUT2D eigenvalue weighted by Crippen LogP contribution is -2.51. The molecular formula is C19H16N6O5. The molecule has 11 nitrogen and oxygen atoms in total. The van der Waals surface area contributed by atoms with Crippen molar-refractivity contribution >= 4 is 34.8 Å². The van der Waals surface area contributed by atoms with Gasteiger partial charge in [-0.2, -0.15) is 4.98 Å². The van der Waals surface area contributed by atoms with E-state index >= 15 is 0 Å². The molecule has 5 rings (SSSR count). The van der Waals surface area contributed by atoms with Gasteiger partial charge in [0.05, 0.1) is 10.5 Å². The molecule has 11 heteroatoms.